The third-order valence-corrected chi connectivity index (χ3v) is 4.00. The van der Waals surface area contributed by atoms with Crippen molar-refractivity contribution in [2.24, 2.45) is 0 Å². The Morgan fingerprint density at radius 1 is 0.905 bits per heavy atom. The highest BCUT2D eigenvalue weighted by molar-refractivity contribution is 5.58. The highest BCUT2D eigenvalue weighted by atomic mass is 16.3. The average molecular weight is 283 g/mol. The summed E-state index contributed by atoms with van der Waals surface area (Å²) in [6, 6.07) is 16.2. The molecule has 1 atom stereocenters. The average Bonchev–Trinajstić information content (AvgIpc) is 2.53. The zero-order valence-electron chi connectivity index (χ0n) is 13.2. The van der Waals surface area contributed by atoms with Crippen molar-refractivity contribution in [1.29, 1.82) is 0 Å². The Bertz CT molecular complexity index is 553. The zero-order valence-corrected chi connectivity index (χ0v) is 13.2. The van der Waals surface area contributed by atoms with Gasteiger partial charge in [0.1, 0.15) is 5.60 Å². The van der Waals surface area contributed by atoms with E-state index in [9.17, 15) is 5.11 Å². The van der Waals surface area contributed by atoms with Crippen molar-refractivity contribution in [2.45, 2.75) is 39.2 Å². The third kappa shape index (κ3) is 3.64. The minimum atomic E-state index is -0.882. The predicted molar refractivity (Wildman–Crippen MR) is 89.7 cm³/mol. The van der Waals surface area contributed by atoms with Crippen molar-refractivity contribution in [3.63, 3.8) is 0 Å². The number of para-hydroxylation sites is 1. The van der Waals surface area contributed by atoms with Gasteiger partial charge in [0.15, 0.2) is 0 Å². The summed E-state index contributed by atoms with van der Waals surface area (Å²) in [5, 5.41) is 14.2. The molecule has 0 aliphatic rings. The van der Waals surface area contributed by atoms with E-state index in [1.54, 1.807) is 0 Å². The topological polar surface area (TPSA) is 32.3 Å². The molecular formula is C19H25NO. The third-order valence-electron chi connectivity index (χ3n) is 4.00. The van der Waals surface area contributed by atoms with E-state index in [2.05, 4.69) is 37.4 Å². The first-order valence-corrected chi connectivity index (χ1v) is 7.71. The molecule has 0 amide bonds. The number of anilines is 1. The summed E-state index contributed by atoms with van der Waals surface area (Å²) >= 11 is 0. The summed E-state index contributed by atoms with van der Waals surface area (Å²) in [5.74, 6) is 0. The summed E-state index contributed by atoms with van der Waals surface area (Å²) in [6.45, 7) is 6.68. The first-order chi connectivity index (χ1) is 10.1. The molecule has 1 unspecified atom stereocenters. The van der Waals surface area contributed by atoms with Crippen LogP contribution in [-0.4, -0.2) is 11.7 Å². The van der Waals surface area contributed by atoms with Crippen molar-refractivity contribution >= 4 is 5.69 Å². The number of nitrogens with one attached hydrogen (secondary N) is 1. The summed E-state index contributed by atoms with van der Waals surface area (Å²) in [4.78, 5) is 0. The lowest BCUT2D eigenvalue weighted by Gasteiger charge is -2.26. The van der Waals surface area contributed by atoms with Crippen molar-refractivity contribution in [3.8, 4) is 0 Å². The lowest BCUT2D eigenvalue weighted by molar-refractivity contribution is 0.0715. The van der Waals surface area contributed by atoms with Gasteiger partial charge >= 0.3 is 0 Å². The van der Waals surface area contributed by atoms with Gasteiger partial charge in [0.2, 0.25) is 0 Å². The second-order valence-corrected chi connectivity index (χ2v) is 5.65. The van der Waals surface area contributed by atoms with Gasteiger partial charge in [0, 0.05) is 12.2 Å². The van der Waals surface area contributed by atoms with E-state index in [4.69, 9.17) is 0 Å². The van der Waals surface area contributed by atoms with E-state index in [0.717, 1.165) is 18.4 Å². The van der Waals surface area contributed by atoms with Gasteiger partial charge in [-0.25, -0.2) is 0 Å². The number of hydrogen-bond donors (Lipinski definition) is 2. The first-order valence-electron chi connectivity index (χ1n) is 7.71. The van der Waals surface area contributed by atoms with E-state index < -0.39 is 5.60 Å². The van der Waals surface area contributed by atoms with Gasteiger partial charge in [-0.15, -0.1) is 0 Å². The first kappa shape index (κ1) is 15.6. The molecule has 0 saturated heterocycles. The summed E-state index contributed by atoms with van der Waals surface area (Å²) in [5.41, 5.74) is 3.84. The Kier molecular flexibility index (Phi) is 5.03. The fraction of sp³-hybridized carbons (Fsp3) is 0.368. The molecule has 2 heteroatoms. The van der Waals surface area contributed by atoms with E-state index in [1.807, 2.05) is 37.3 Å². The molecule has 21 heavy (non-hydrogen) atoms. The van der Waals surface area contributed by atoms with Crippen LogP contribution in [0.4, 0.5) is 5.69 Å². The molecule has 0 aliphatic heterocycles. The Morgan fingerprint density at radius 2 is 1.48 bits per heavy atom. The van der Waals surface area contributed by atoms with Crippen LogP contribution >= 0.6 is 0 Å². The molecule has 2 rings (SSSR count). The van der Waals surface area contributed by atoms with Crippen LogP contribution in [0.5, 0.6) is 0 Å². The highest BCUT2D eigenvalue weighted by Gasteiger charge is 2.23. The Morgan fingerprint density at radius 3 is 2.00 bits per heavy atom. The molecule has 2 nitrogen and oxygen atoms in total. The highest BCUT2D eigenvalue weighted by Crippen LogP contribution is 2.26. The molecule has 0 spiro atoms. The zero-order chi connectivity index (χ0) is 15.3. The Balaban J connectivity index is 2.20. The van der Waals surface area contributed by atoms with Crippen molar-refractivity contribution in [2.75, 3.05) is 11.9 Å². The van der Waals surface area contributed by atoms with Gasteiger partial charge in [-0.3, -0.25) is 0 Å². The molecule has 0 aliphatic carbocycles. The van der Waals surface area contributed by atoms with Gasteiger partial charge in [0.05, 0.1) is 0 Å². The van der Waals surface area contributed by atoms with Crippen LogP contribution in [0.2, 0.25) is 0 Å². The minimum Gasteiger partial charge on any atom is -0.384 e. The summed E-state index contributed by atoms with van der Waals surface area (Å²) < 4.78 is 0. The van der Waals surface area contributed by atoms with E-state index in [-0.39, 0.29) is 0 Å². The normalized spacial score (nSPS) is 13.7. The molecule has 0 saturated carbocycles. The van der Waals surface area contributed by atoms with Crippen LogP contribution in [0.3, 0.4) is 0 Å². The van der Waals surface area contributed by atoms with Gasteiger partial charge in [-0.1, -0.05) is 62.4 Å². The second-order valence-electron chi connectivity index (χ2n) is 5.65. The minimum absolute atomic E-state index is 0.501. The van der Waals surface area contributed by atoms with Crippen LogP contribution in [0.1, 0.15) is 37.5 Å². The molecule has 112 valence electrons. The molecular weight excluding hydrogens is 258 g/mol. The monoisotopic (exact) mass is 283 g/mol. The number of benzene rings is 2. The number of aliphatic hydroxyl groups is 1. The maximum Gasteiger partial charge on any atom is 0.104 e. The van der Waals surface area contributed by atoms with Gasteiger partial charge < -0.3 is 10.4 Å². The lowest BCUT2D eigenvalue weighted by Crippen LogP contribution is -2.31. The molecule has 0 heterocycles. The van der Waals surface area contributed by atoms with Crippen molar-refractivity contribution in [3.05, 3.63) is 65.2 Å². The number of hydrogen-bond acceptors (Lipinski definition) is 2. The largest absolute Gasteiger partial charge is 0.384 e. The lowest BCUT2D eigenvalue weighted by atomic mass is 9.95. The summed E-state index contributed by atoms with van der Waals surface area (Å²) in [6.07, 6.45) is 1.98. The Labute approximate surface area is 127 Å². The van der Waals surface area contributed by atoms with E-state index in [1.165, 1.54) is 16.8 Å². The standard InChI is InChI=1S/C19H25NO/c1-4-15-10-9-11-16(5-2)18(15)20-14-19(3,21)17-12-7-6-8-13-17/h6-13,20-21H,4-5,14H2,1-3H3. The van der Waals surface area contributed by atoms with Crippen LogP contribution in [0.25, 0.3) is 0 Å². The van der Waals surface area contributed by atoms with Crippen LogP contribution < -0.4 is 5.32 Å². The SMILES string of the molecule is CCc1cccc(CC)c1NCC(C)(O)c1ccccc1. The Hall–Kier alpha value is -1.80. The summed E-state index contributed by atoms with van der Waals surface area (Å²) in [7, 11) is 0. The smallest absolute Gasteiger partial charge is 0.104 e. The van der Waals surface area contributed by atoms with Gasteiger partial charge in [-0.05, 0) is 36.5 Å². The molecule has 0 fully saturated rings. The van der Waals surface area contributed by atoms with Crippen molar-refractivity contribution < 1.29 is 5.11 Å². The van der Waals surface area contributed by atoms with Crippen LogP contribution in [0.15, 0.2) is 48.5 Å². The predicted octanol–water partition coefficient (Wildman–Crippen LogP) is 4.13. The maximum absolute atomic E-state index is 10.7. The maximum atomic E-state index is 10.7. The van der Waals surface area contributed by atoms with Gasteiger partial charge in [0.25, 0.3) is 0 Å². The van der Waals surface area contributed by atoms with Gasteiger partial charge in [-0.2, -0.15) is 0 Å². The molecule has 0 aromatic heterocycles. The molecule has 0 bridgehead atoms. The van der Waals surface area contributed by atoms with Crippen molar-refractivity contribution in [1.82, 2.24) is 0 Å². The molecule has 2 aromatic rings. The number of rotatable bonds is 6. The molecule has 0 radical (unpaired) electrons. The van der Waals surface area contributed by atoms with E-state index >= 15 is 0 Å². The molecule has 2 aromatic carbocycles. The van der Waals surface area contributed by atoms with E-state index in [0.29, 0.717) is 6.54 Å². The quantitative estimate of drug-likeness (QED) is 0.835. The number of aryl methyl sites for hydroxylation is 2. The fourth-order valence-corrected chi connectivity index (χ4v) is 2.63. The fourth-order valence-electron chi connectivity index (χ4n) is 2.63. The van der Waals surface area contributed by atoms with Crippen LogP contribution in [0, 0.1) is 0 Å². The molecule has 2 N–H and O–H groups in total. The second kappa shape index (κ2) is 6.77. The van der Waals surface area contributed by atoms with Crippen LogP contribution in [-0.2, 0) is 18.4 Å².